The molecule has 0 atom stereocenters. The van der Waals surface area contributed by atoms with Crippen LogP contribution in [0.15, 0.2) is 158 Å². The average Bonchev–Trinajstić information content (AvgIpc) is 3.02. The van der Waals surface area contributed by atoms with E-state index in [1.54, 1.807) is 0 Å². The third kappa shape index (κ3) is 5.15. The summed E-state index contributed by atoms with van der Waals surface area (Å²) < 4.78 is 0. The largest absolute Gasteiger partial charge is 0.376 e. The first-order chi connectivity index (χ1) is 19.7. The number of rotatable bonds is 6. The van der Waals surface area contributed by atoms with Gasteiger partial charge in [-0.15, -0.1) is 0 Å². The summed E-state index contributed by atoms with van der Waals surface area (Å²) in [5.41, 5.74) is 17.4. The van der Waals surface area contributed by atoms with Gasteiger partial charge in [0.05, 0.1) is 0 Å². The van der Waals surface area contributed by atoms with Crippen LogP contribution < -0.4 is 10.6 Å². The zero-order valence-electron chi connectivity index (χ0n) is 21.9. The Bertz CT molecular complexity index is 1620. The molecular formula is C37H28N2S. The van der Waals surface area contributed by atoms with Crippen LogP contribution in [0.25, 0.3) is 44.5 Å². The molecular weight excluding hydrogens is 504 g/mol. The highest BCUT2D eigenvalue weighted by Gasteiger charge is 2.18. The molecule has 0 saturated heterocycles. The van der Waals surface area contributed by atoms with Gasteiger partial charge in [0.25, 0.3) is 0 Å². The lowest BCUT2D eigenvalue weighted by molar-refractivity contribution is 1.34. The van der Waals surface area contributed by atoms with Gasteiger partial charge in [0.15, 0.2) is 5.11 Å². The van der Waals surface area contributed by atoms with Crippen molar-refractivity contribution >= 4 is 28.7 Å². The van der Waals surface area contributed by atoms with Crippen molar-refractivity contribution in [2.24, 2.45) is 5.73 Å². The van der Waals surface area contributed by atoms with Gasteiger partial charge in [-0.25, -0.2) is 0 Å². The molecule has 0 radical (unpaired) electrons. The van der Waals surface area contributed by atoms with Gasteiger partial charge in [0.2, 0.25) is 0 Å². The fourth-order valence-electron chi connectivity index (χ4n) is 5.20. The molecule has 192 valence electrons. The Balaban J connectivity index is 1.52. The van der Waals surface area contributed by atoms with Gasteiger partial charge in [0, 0.05) is 11.4 Å². The lowest BCUT2D eigenvalue weighted by atomic mass is 9.93. The molecule has 0 aliphatic heterocycles. The van der Waals surface area contributed by atoms with Crippen LogP contribution in [0.1, 0.15) is 0 Å². The lowest BCUT2D eigenvalue weighted by Gasteiger charge is -2.26. The first-order valence-electron chi connectivity index (χ1n) is 13.3. The van der Waals surface area contributed by atoms with E-state index in [4.69, 9.17) is 18.0 Å². The second-order valence-corrected chi connectivity index (χ2v) is 10.0. The normalized spacial score (nSPS) is 10.7. The molecule has 6 rings (SSSR count). The van der Waals surface area contributed by atoms with Crippen LogP contribution in [-0.2, 0) is 0 Å². The molecule has 0 aliphatic carbocycles. The molecule has 0 unspecified atom stereocenters. The van der Waals surface area contributed by atoms with Crippen molar-refractivity contribution in [3.8, 4) is 44.5 Å². The van der Waals surface area contributed by atoms with Crippen LogP contribution in [-0.4, -0.2) is 5.11 Å². The number of anilines is 2. The molecule has 2 N–H and O–H groups in total. The predicted octanol–water partition coefficient (Wildman–Crippen LogP) is 9.74. The van der Waals surface area contributed by atoms with E-state index in [2.05, 4.69) is 133 Å². The SMILES string of the molecule is NC(=S)N(c1ccc(-c2ccccc2)c(-c2ccccc2)c1)c1ccc(-c2ccccc2)c(-c2ccccc2)c1. The molecule has 6 aromatic carbocycles. The maximum absolute atomic E-state index is 6.43. The monoisotopic (exact) mass is 532 g/mol. The van der Waals surface area contributed by atoms with Crippen molar-refractivity contribution in [2.45, 2.75) is 0 Å². The highest BCUT2D eigenvalue weighted by Crippen LogP contribution is 2.40. The first-order valence-corrected chi connectivity index (χ1v) is 13.7. The second kappa shape index (κ2) is 11.4. The zero-order valence-corrected chi connectivity index (χ0v) is 22.8. The van der Waals surface area contributed by atoms with E-state index in [1.807, 2.05) is 29.2 Å². The molecule has 0 spiro atoms. The highest BCUT2D eigenvalue weighted by molar-refractivity contribution is 7.80. The minimum atomic E-state index is 0.290. The van der Waals surface area contributed by atoms with Crippen LogP contribution in [0.2, 0.25) is 0 Å². The third-order valence-corrected chi connectivity index (χ3v) is 7.26. The topological polar surface area (TPSA) is 29.3 Å². The van der Waals surface area contributed by atoms with E-state index < -0.39 is 0 Å². The smallest absolute Gasteiger partial charge is 0.175 e. The standard InChI is InChI=1S/C37H28N2S/c38-37(40)39(31-21-23-33(27-13-5-1-6-14-27)35(25-31)29-17-9-3-10-18-29)32-22-24-34(28-15-7-2-8-16-28)36(26-32)30-19-11-4-12-20-30/h1-26H,(H2,38,40). The summed E-state index contributed by atoms with van der Waals surface area (Å²) in [5.74, 6) is 0. The number of nitrogens with two attached hydrogens (primary N) is 1. The average molecular weight is 533 g/mol. The third-order valence-electron chi connectivity index (χ3n) is 7.08. The highest BCUT2D eigenvalue weighted by atomic mass is 32.1. The molecule has 40 heavy (non-hydrogen) atoms. The van der Waals surface area contributed by atoms with E-state index in [1.165, 1.54) is 0 Å². The Morgan fingerprint density at radius 3 is 1.00 bits per heavy atom. The number of benzene rings is 6. The summed E-state index contributed by atoms with van der Waals surface area (Å²) in [6, 6.07) is 54.7. The predicted molar refractivity (Wildman–Crippen MR) is 174 cm³/mol. The summed E-state index contributed by atoms with van der Waals surface area (Å²) >= 11 is 5.66. The zero-order chi connectivity index (χ0) is 27.3. The Morgan fingerprint density at radius 1 is 0.400 bits per heavy atom. The second-order valence-electron chi connectivity index (χ2n) is 9.60. The van der Waals surface area contributed by atoms with Gasteiger partial charge in [-0.3, -0.25) is 4.90 Å². The summed E-state index contributed by atoms with van der Waals surface area (Å²) in [6.07, 6.45) is 0. The Kier molecular flexibility index (Phi) is 7.21. The fraction of sp³-hybridized carbons (Fsp3) is 0. The maximum atomic E-state index is 6.43. The van der Waals surface area contributed by atoms with Gasteiger partial charge in [0.1, 0.15) is 0 Å². The Hall–Kier alpha value is -4.99. The van der Waals surface area contributed by atoms with Gasteiger partial charge in [-0.05, 0) is 81.0 Å². The van der Waals surface area contributed by atoms with Crippen molar-refractivity contribution < 1.29 is 0 Å². The maximum Gasteiger partial charge on any atom is 0.175 e. The Morgan fingerprint density at radius 2 is 0.700 bits per heavy atom. The number of hydrogen-bond acceptors (Lipinski definition) is 1. The van der Waals surface area contributed by atoms with Gasteiger partial charge in [-0.2, -0.15) is 0 Å². The summed E-state index contributed by atoms with van der Waals surface area (Å²) in [4.78, 5) is 1.96. The minimum Gasteiger partial charge on any atom is -0.376 e. The molecule has 0 saturated carbocycles. The summed E-state index contributed by atoms with van der Waals surface area (Å²) in [6.45, 7) is 0. The van der Waals surface area contributed by atoms with E-state index in [0.29, 0.717) is 0 Å². The Labute approximate surface area is 241 Å². The molecule has 0 fully saturated rings. The molecule has 0 aromatic heterocycles. The van der Waals surface area contributed by atoms with Gasteiger partial charge < -0.3 is 5.73 Å². The fourth-order valence-corrected chi connectivity index (χ4v) is 5.41. The molecule has 2 nitrogen and oxygen atoms in total. The summed E-state index contributed by atoms with van der Waals surface area (Å²) in [5, 5.41) is 0.290. The molecule has 6 aromatic rings. The lowest BCUT2D eigenvalue weighted by Crippen LogP contribution is -2.31. The van der Waals surface area contributed by atoms with Crippen molar-refractivity contribution in [1.82, 2.24) is 0 Å². The minimum absolute atomic E-state index is 0.290. The van der Waals surface area contributed by atoms with Crippen LogP contribution in [0, 0.1) is 0 Å². The van der Waals surface area contributed by atoms with E-state index in [0.717, 1.165) is 55.9 Å². The number of thiocarbonyl (C=S) groups is 1. The van der Waals surface area contributed by atoms with Crippen molar-refractivity contribution in [3.63, 3.8) is 0 Å². The van der Waals surface area contributed by atoms with Crippen LogP contribution in [0.3, 0.4) is 0 Å². The van der Waals surface area contributed by atoms with Crippen LogP contribution in [0.4, 0.5) is 11.4 Å². The quantitative estimate of drug-likeness (QED) is 0.217. The van der Waals surface area contributed by atoms with Crippen molar-refractivity contribution in [3.05, 3.63) is 158 Å². The van der Waals surface area contributed by atoms with Gasteiger partial charge in [-0.1, -0.05) is 133 Å². The molecule has 0 heterocycles. The van der Waals surface area contributed by atoms with E-state index in [-0.39, 0.29) is 5.11 Å². The van der Waals surface area contributed by atoms with Crippen molar-refractivity contribution in [2.75, 3.05) is 4.90 Å². The number of nitrogens with zero attached hydrogens (tertiary/aromatic N) is 1. The van der Waals surface area contributed by atoms with E-state index in [9.17, 15) is 0 Å². The molecule has 3 heteroatoms. The molecule has 0 amide bonds. The van der Waals surface area contributed by atoms with Gasteiger partial charge >= 0.3 is 0 Å². The van der Waals surface area contributed by atoms with Crippen LogP contribution >= 0.6 is 12.2 Å². The van der Waals surface area contributed by atoms with E-state index >= 15 is 0 Å². The van der Waals surface area contributed by atoms with Crippen molar-refractivity contribution in [1.29, 1.82) is 0 Å². The number of hydrogen-bond donors (Lipinski definition) is 1. The molecule has 0 aliphatic rings. The van der Waals surface area contributed by atoms with Crippen LogP contribution in [0.5, 0.6) is 0 Å². The first kappa shape index (κ1) is 25.3. The summed E-state index contributed by atoms with van der Waals surface area (Å²) in [7, 11) is 0. The molecule has 0 bridgehead atoms.